The van der Waals surface area contributed by atoms with Crippen LogP contribution in [0.4, 0.5) is 0 Å². The standard InChI is InChI=1S/C17H18N2O2S/c1-3-18-16(20)14-11-7-4-5-8-12(11)17(21)19(2)15(14)13-9-6-10-22-13/h4-10,14-15H,3H2,1-2H3,(H,18,20). The van der Waals surface area contributed by atoms with Crippen LogP contribution < -0.4 is 5.32 Å². The summed E-state index contributed by atoms with van der Waals surface area (Å²) in [6, 6.07) is 11.1. The highest BCUT2D eigenvalue weighted by Crippen LogP contribution is 2.43. The van der Waals surface area contributed by atoms with Crippen molar-refractivity contribution in [2.45, 2.75) is 18.9 Å². The molecule has 22 heavy (non-hydrogen) atoms. The molecule has 0 radical (unpaired) electrons. The lowest BCUT2D eigenvalue weighted by Gasteiger charge is -2.39. The van der Waals surface area contributed by atoms with Crippen LogP contribution in [0.5, 0.6) is 0 Å². The first-order valence-corrected chi connectivity index (χ1v) is 8.20. The number of nitrogens with one attached hydrogen (secondary N) is 1. The predicted octanol–water partition coefficient (Wildman–Crippen LogP) is 2.79. The maximum Gasteiger partial charge on any atom is 0.254 e. The van der Waals surface area contributed by atoms with Gasteiger partial charge in [0.05, 0.1) is 12.0 Å². The van der Waals surface area contributed by atoms with Crippen LogP contribution in [-0.4, -0.2) is 30.3 Å². The summed E-state index contributed by atoms with van der Waals surface area (Å²) in [6.07, 6.45) is 0. The zero-order chi connectivity index (χ0) is 15.7. The first-order chi connectivity index (χ1) is 10.6. The van der Waals surface area contributed by atoms with Crippen molar-refractivity contribution < 1.29 is 9.59 Å². The fourth-order valence-corrected chi connectivity index (χ4v) is 3.96. The quantitative estimate of drug-likeness (QED) is 0.947. The second kappa shape index (κ2) is 5.93. The van der Waals surface area contributed by atoms with E-state index in [9.17, 15) is 9.59 Å². The fourth-order valence-electron chi connectivity index (χ4n) is 3.06. The summed E-state index contributed by atoms with van der Waals surface area (Å²) < 4.78 is 0. The molecule has 1 aromatic carbocycles. The summed E-state index contributed by atoms with van der Waals surface area (Å²) in [5.41, 5.74) is 1.43. The van der Waals surface area contributed by atoms with Crippen LogP contribution in [0, 0.1) is 0 Å². The van der Waals surface area contributed by atoms with Gasteiger partial charge in [-0.05, 0) is 30.0 Å². The Kier molecular flexibility index (Phi) is 3.98. The number of thiophene rings is 1. The van der Waals surface area contributed by atoms with E-state index in [0.717, 1.165) is 10.4 Å². The number of rotatable bonds is 3. The van der Waals surface area contributed by atoms with Crippen molar-refractivity contribution in [3.8, 4) is 0 Å². The number of nitrogens with zero attached hydrogens (tertiary/aromatic N) is 1. The molecule has 0 saturated heterocycles. The van der Waals surface area contributed by atoms with Gasteiger partial charge >= 0.3 is 0 Å². The van der Waals surface area contributed by atoms with Gasteiger partial charge in [0.2, 0.25) is 5.91 Å². The average molecular weight is 314 g/mol. The Morgan fingerprint density at radius 1 is 1.27 bits per heavy atom. The molecule has 3 rings (SSSR count). The summed E-state index contributed by atoms with van der Waals surface area (Å²) in [6.45, 7) is 2.48. The highest BCUT2D eigenvalue weighted by atomic mass is 32.1. The van der Waals surface area contributed by atoms with Gasteiger partial charge in [-0.25, -0.2) is 0 Å². The number of fused-ring (bicyclic) bond motifs is 1. The van der Waals surface area contributed by atoms with Crippen LogP contribution in [0.1, 0.15) is 39.7 Å². The Hall–Kier alpha value is -2.14. The molecular weight excluding hydrogens is 296 g/mol. The van der Waals surface area contributed by atoms with Gasteiger partial charge < -0.3 is 10.2 Å². The third-order valence-electron chi connectivity index (χ3n) is 4.05. The minimum atomic E-state index is -0.377. The first kappa shape index (κ1) is 14.8. The van der Waals surface area contributed by atoms with E-state index >= 15 is 0 Å². The van der Waals surface area contributed by atoms with Crippen LogP contribution in [0.25, 0.3) is 0 Å². The summed E-state index contributed by atoms with van der Waals surface area (Å²) in [5.74, 6) is -0.445. The van der Waals surface area contributed by atoms with E-state index in [2.05, 4.69) is 5.32 Å². The minimum Gasteiger partial charge on any atom is -0.356 e. The number of likely N-dealkylation sites (N-methyl/N-ethyl adjacent to an activating group) is 2. The molecule has 0 aliphatic carbocycles. The van der Waals surface area contributed by atoms with Crippen molar-refractivity contribution in [3.05, 3.63) is 57.8 Å². The molecule has 1 aliphatic rings. The lowest BCUT2D eigenvalue weighted by atomic mass is 9.82. The molecule has 2 atom stereocenters. The summed E-state index contributed by atoms with van der Waals surface area (Å²) in [4.78, 5) is 28.0. The van der Waals surface area contributed by atoms with Gasteiger partial charge in [0.1, 0.15) is 0 Å². The number of benzene rings is 1. The largest absolute Gasteiger partial charge is 0.356 e. The molecule has 2 aromatic rings. The normalized spacial score (nSPS) is 20.6. The van der Waals surface area contributed by atoms with Crippen molar-refractivity contribution in [1.29, 1.82) is 0 Å². The first-order valence-electron chi connectivity index (χ1n) is 7.32. The zero-order valence-corrected chi connectivity index (χ0v) is 13.4. The Morgan fingerprint density at radius 3 is 2.73 bits per heavy atom. The molecule has 0 fully saturated rings. The third kappa shape index (κ3) is 2.31. The van der Waals surface area contributed by atoms with Gasteiger partial charge in [0, 0.05) is 24.0 Å². The second-order valence-corrected chi connectivity index (χ2v) is 6.32. The number of amides is 2. The maximum atomic E-state index is 12.7. The summed E-state index contributed by atoms with van der Waals surface area (Å²) in [7, 11) is 1.77. The lowest BCUT2D eigenvalue weighted by molar-refractivity contribution is -0.124. The average Bonchev–Trinajstić information content (AvgIpc) is 3.04. The zero-order valence-electron chi connectivity index (χ0n) is 12.6. The van der Waals surface area contributed by atoms with Crippen molar-refractivity contribution in [1.82, 2.24) is 10.2 Å². The van der Waals surface area contributed by atoms with E-state index in [1.54, 1.807) is 29.4 Å². The van der Waals surface area contributed by atoms with Crippen molar-refractivity contribution in [3.63, 3.8) is 0 Å². The number of carbonyl (C=O) groups is 2. The molecule has 5 heteroatoms. The van der Waals surface area contributed by atoms with Gasteiger partial charge in [-0.3, -0.25) is 9.59 Å². The monoisotopic (exact) mass is 314 g/mol. The van der Waals surface area contributed by atoms with E-state index in [-0.39, 0.29) is 23.8 Å². The number of hydrogen-bond acceptors (Lipinski definition) is 3. The van der Waals surface area contributed by atoms with E-state index in [4.69, 9.17) is 0 Å². The van der Waals surface area contributed by atoms with Crippen LogP contribution in [0.15, 0.2) is 41.8 Å². The molecule has 0 saturated carbocycles. The molecule has 0 bridgehead atoms. The van der Waals surface area contributed by atoms with Gasteiger partial charge in [0.25, 0.3) is 5.91 Å². The van der Waals surface area contributed by atoms with Crippen molar-refractivity contribution in [2.75, 3.05) is 13.6 Å². The number of carbonyl (C=O) groups excluding carboxylic acids is 2. The molecular formula is C17H18N2O2S. The second-order valence-electron chi connectivity index (χ2n) is 5.34. The third-order valence-corrected chi connectivity index (χ3v) is 4.99. The molecule has 2 unspecified atom stereocenters. The molecule has 1 aromatic heterocycles. The molecule has 1 N–H and O–H groups in total. The molecule has 2 amide bonds. The van der Waals surface area contributed by atoms with E-state index in [1.807, 2.05) is 42.6 Å². The van der Waals surface area contributed by atoms with E-state index in [0.29, 0.717) is 12.1 Å². The molecule has 114 valence electrons. The van der Waals surface area contributed by atoms with Crippen LogP contribution in [0.2, 0.25) is 0 Å². The predicted molar refractivity (Wildman–Crippen MR) is 87.0 cm³/mol. The fraction of sp³-hybridized carbons (Fsp3) is 0.294. The smallest absolute Gasteiger partial charge is 0.254 e. The Balaban J connectivity index is 2.16. The molecule has 0 spiro atoms. The molecule has 2 heterocycles. The van der Waals surface area contributed by atoms with Gasteiger partial charge in [-0.15, -0.1) is 11.3 Å². The Labute approximate surface area is 133 Å². The molecule has 4 nitrogen and oxygen atoms in total. The number of hydrogen-bond donors (Lipinski definition) is 1. The molecule has 1 aliphatic heterocycles. The van der Waals surface area contributed by atoms with Gasteiger partial charge in [0.15, 0.2) is 0 Å². The summed E-state index contributed by atoms with van der Waals surface area (Å²) in [5, 5.41) is 4.89. The topological polar surface area (TPSA) is 49.4 Å². The SMILES string of the molecule is CCNC(=O)C1c2ccccc2C(=O)N(C)C1c1cccs1. The van der Waals surface area contributed by atoms with Gasteiger partial charge in [-0.2, -0.15) is 0 Å². The minimum absolute atomic E-state index is 0.0328. The van der Waals surface area contributed by atoms with E-state index in [1.165, 1.54) is 0 Å². The van der Waals surface area contributed by atoms with Crippen LogP contribution >= 0.6 is 11.3 Å². The van der Waals surface area contributed by atoms with Crippen LogP contribution in [-0.2, 0) is 4.79 Å². The van der Waals surface area contributed by atoms with E-state index < -0.39 is 0 Å². The van der Waals surface area contributed by atoms with Crippen molar-refractivity contribution in [2.24, 2.45) is 0 Å². The highest BCUT2D eigenvalue weighted by molar-refractivity contribution is 7.10. The van der Waals surface area contributed by atoms with Gasteiger partial charge in [-0.1, -0.05) is 24.3 Å². The highest BCUT2D eigenvalue weighted by Gasteiger charge is 2.42. The van der Waals surface area contributed by atoms with Crippen LogP contribution in [0.3, 0.4) is 0 Å². The van der Waals surface area contributed by atoms with Crippen molar-refractivity contribution >= 4 is 23.2 Å². The lowest BCUT2D eigenvalue weighted by Crippen LogP contribution is -2.45. The summed E-state index contributed by atoms with van der Waals surface area (Å²) >= 11 is 1.58. The maximum absolute atomic E-state index is 12.7. The Bertz CT molecular complexity index is 696. The Morgan fingerprint density at radius 2 is 2.05 bits per heavy atom.